The maximum Gasteiger partial charge on any atom is 0 e. The van der Waals surface area contributed by atoms with Crippen LogP contribution in [0.3, 0.4) is 0 Å². The van der Waals surface area contributed by atoms with Gasteiger partial charge in [0.1, 0.15) is 0 Å². The standard InChI is InChI=1S/CH4.Fe.H3P.H2S.Si/h1H4;;1H3;1H2;. The van der Waals surface area contributed by atoms with Crippen molar-refractivity contribution in [3.05, 3.63) is 0 Å². The van der Waals surface area contributed by atoms with Gasteiger partial charge in [-0.05, 0) is 0 Å². The summed E-state index contributed by atoms with van der Waals surface area (Å²) >= 11 is 0. The van der Waals surface area contributed by atoms with Crippen LogP contribution in [0.4, 0.5) is 0 Å². The van der Waals surface area contributed by atoms with E-state index in [1.54, 1.807) is 0 Å². The van der Waals surface area contributed by atoms with Gasteiger partial charge < -0.3 is 0 Å². The first kappa shape index (κ1) is 86.2. The third-order valence-corrected chi connectivity index (χ3v) is 0. The van der Waals surface area contributed by atoms with Crippen LogP contribution >= 0.6 is 23.4 Å². The van der Waals surface area contributed by atoms with Crippen molar-refractivity contribution in [2.24, 2.45) is 0 Å². The van der Waals surface area contributed by atoms with Crippen molar-refractivity contribution in [1.82, 2.24) is 0 Å². The summed E-state index contributed by atoms with van der Waals surface area (Å²) in [6.07, 6.45) is 0. The topological polar surface area (TPSA) is 0 Å². The van der Waals surface area contributed by atoms with Gasteiger partial charge in [-0.15, -0.1) is 0 Å². The Bertz CT molecular complexity index is 11.6. The van der Waals surface area contributed by atoms with E-state index < -0.39 is 0 Å². The van der Waals surface area contributed by atoms with E-state index in [0.717, 1.165) is 0 Å². The molecule has 5 heavy (non-hydrogen) atoms. The third kappa shape index (κ3) is 29.7. The van der Waals surface area contributed by atoms with Gasteiger partial charge in [-0.25, -0.2) is 0 Å². The Hall–Kier alpha value is 1.52. The Morgan fingerprint density at radius 3 is 1.00 bits per heavy atom. The molecular weight excluding hydrogens is 159 g/mol. The molecule has 0 rings (SSSR count). The van der Waals surface area contributed by atoms with Crippen LogP contribution < -0.4 is 0 Å². The average Bonchev–Trinajstić information content (AvgIpc) is 0. The molecule has 0 aromatic heterocycles. The molecule has 0 aliphatic carbocycles. The van der Waals surface area contributed by atoms with E-state index >= 15 is 0 Å². The average molecular weight is 168 g/mol. The quantitative estimate of drug-likeness (QED) is 0.363. The second kappa shape index (κ2) is 48.9. The van der Waals surface area contributed by atoms with E-state index in [0.29, 0.717) is 0 Å². The van der Waals surface area contributed by atoms with Gasteiger partial charge >= 0.3 is 0 Å². The van der Waals surface area contributed by atoms with E-state index in [1.807, 2.05) is 0 Å². The molecule has 0 aromatic rings. The van der Waals surface area contributed by atoms with Gasteiger partial charge in [0.05, 0.1) is 0 Å². The van der Waals surface area contributed by atoms with Gasteiger partial charge in [0.2, 0.25) is 0 Å². The minimum atomic E-state index is 0. The zero-order chi connectivity index (χ0) is 0. The van der Waals surface area contributed by atoms with Crippen LogP contribution in [0, 0.1) is 0 Å². The Morgan fingerprint density at radius 2 is 1.00 bits per heavy atom. The van der Waals surface area contributed by atoms with Crippen LogP contribution in [-0.4, -0.2) is 11.0 Å². The minimum absolute atomic E-state index is 0. The van der Waals surface area contributed by atoms with Crippen molar-refractivity contribution in [3.63, 3.8) is 0 Å². The summed E-state index contributed by atoms with van der Waals surface area (Å²) in [5, 5.41) is 0. The normalized spacial score (nSPS) is 0. The Balaban J connectivity index is 0. The molecule has 0 saturated carbocycles. The smallest absolute Gasteiger partial charge is 0 e. The molecule has 0 nitrogen and oxygen atoms in total. The van der Waals surface area contributed by atoms with Crippen molar-refractivity contribution < 1.29 is 17.1 Å². The first-order valence-electron chi connectivity index (χ1n) is 0. The summed E-state index contributed by atoms with van der Waals surface area (Å²) in [6, 6.07) is 0. The molecule has 4 heteroatoms. The minimum Gasteiger partial charge on any atom is -0.197 e. The molecule has 1 unspecified atom stereocenters. The van der Waals surface area contributed by atoms with Crippen molar-refractivity contribution >= 4 is 34.4 Å². The number of rotatable bonds is 0. The molecule has 0 amide bonds. The molecule has 1 atom stereocenters. The molecule has 0 aliphatic rings. The third-order valence-electron chi connectivity index (χ3n) is 0. The molecule has 36 valence electrons. The van der Waals surface area contributed by atoms with Crippen LogP contribution in [0.1, 0.15) is 7.43 Å². The van der Waals surface area contributed by atoms with Gasteiger partial charge in [-0.1, -0.05) is 7.43 Å². The molecule has 0 saturated heterocycles. The molecular formula is CH9FePSSi. The molecule has 4 radical (unpaired) electrons. The molecule has 0 bridgehead atoms. The molecule has 0 heterocycles. The molecule has 0 N–H and O–H groups in total. The van der Waals surface area contributed by atoms with Crippen LogP contribution in [0.25, 0.3) is 0 Å². The van der Waals surface area contributed by atoms with Gasteiger partial charge in [0.15, 0.2) is 0 Å². The van der Waals surface area contributed by atoms with Crippen LogP contribution in [0.15, 0.2) is 0 Å². The predicted molar refractivity (Wildman–Crippen MR) is 34.0 cm³/mol. The van der Waals surface area contributed by atoms with Gasteiger partial charge in [0.25, 0.3) is 0 Å². The van der Waals surface area contributed by atoms with Gasteiger partial charge in [-0.3, -0.25) is 0 Å². The molecule has 0 fully saturated rings. The Labute approximate surface area is 59.1 Å². The van der Waals surface area contributed by atoms with Crippen molar-refractivity contribution in [2.75, 3.05) is 0 Å². The SMILES string of the molecule is C.P.S.[Fe].[Si]. The van der Waals surface area contributed by atoms with Crippen LogP contribution in [0.2, 0.25) is 0 Å². The first-order valence-corrected chi connectivity index (χ1v) is 0. The first-order chi connectivity index (χ1) is 0. The number of hydrogen-bond acceptors (Lipinski definition) is 0. The number of hydrogen-bond donors (Lipinski definition) is 0. The van der Waals surface area contributed by atoms with Crippen LogP contribution in [0.5, 0.6) is 0 Å². The van der Waals surface area contributed by atoms with Crippen LogP contribution in [-0.2, 0) is 17.1 Å². The van der Waals surface area contributed by atoms with Crippen molar-refractivity contribution in [1.29, 1.82) is 0 Å². The zero-order valence-corrected chi connectivity index (χ0v) is 6.58. The summed E-state index contributed by atoms with van der Waals surface area (Å²) in [4.78, 5) is 0. The Kier molecular flexibility index (Phi) is 844. The summed E-state index contributed by atoms with van der Waals surface area (Å²) in [5.74, 6) is 0. The Morgan fingerprint density at radius 1 is 1.00 bits per heavy atom. The maximum absolute atomic E-state index is 0. The van der Waals surface area contributed by atoms with Gasteiger partial charge in [-0.2, -0.15) is 23.4 Å². The van der Waals surface area contributed by atoms with E-state index in [4.69, 9.17) is 0 Å². The molecule has 0 aromatic carbocycles. The van der Waals surface area contributed by atoms with E-state index in [1.165, 1.54) is 0 Å². The van der Waals surface area contributed by atoms with E-state index in [-0.39, 0.29) is 58.9 Å². The van der Waals surface area contributed by atoms with Gasteiger partial charge in [0, 0.05) is 28.0 Å². The van der Waals surface area contributed by atoms with Crippen molar-refractivity contribution in [2.45, 2.75) is 7.43 Å². The second-order valence-electron chi connectivity index (χ2n) is 0. The van der Waals surface area contributed by atoms with E-state index in [9.17, 15) is 0 Å². The summed E-state index contributed by atoms with van der Waals surface area (Å²) in [5.41, 5.74) is 0. The van der Waals surface area contributed by atoms with Crippen molar-refractivity contribution in [3.8, 4) is 0 Å². The monoisotopic (exact) mass is 168 g/mol. The predicted octanol–water partition coefficient (Wildman–Crippen LogP) is 0.424. The fourth-order valence-corrected chi connectivity index (χ4v) is 0. The largest absolute Gasteiger partial charge is 0.197 e. The molecule has 0 spiro atoms. The fourth-order valence-electron chi connectivity index (χ4n) is 0. The second-order valence-corrected chi connectivity index (χ2v) is 0. The fraction of sp³-hybridized carbons (Fsp3) is 1.00. The summed E-state index contributed by atoms with van der Waals surface area (Å²) < 4.78 is 0. The summed E-state index contributed by atoms with van der Waals surface area (Å²) in [6.45, 7) is 0. The maximum atomic E-state index is 0. The zero-order valence-electron chi connectivity index (χ0n) is 2.06. The van der Waals surface area contributed by atoms with E-state index in [2.05, 4.69) is 0 Å². The summed E-state index contributed by atoms with van der Waals surface area (Å²) in [7, 11) is 0. The molecule has 0 aliphatic heterocycles.